The topological polar surface area (TPSA) is 141 Å². The van der Waals surface area contributed by atoms with Gasteiger partial charge in [0.1, 0.15) is 0 Å². The van der Waals surface area contributed by atoms with E-state index in [4.69, 9.17) is 22.3 Å². The molecule has 0 aliphatic heterocycles. The van der Waals surface area contributed by atoms with Gasteiger partial charge in [0.15, 0.2) is 0 Å². The second kappa shape index (κ2) is 6.96. The van der Waals surface area contributed by atoms with Crippen LogP contribution in [0.2, 0.25) is 0 Å². The molecule has 7 nitrogen and oxygen atoms in total. The van der Waals surface area contributed by atoms with E-state index < -0.39 is 6.09 Å². The lowest BCUT2D eigenvalue weighted by Gasteiger charge is -2.09. The maximum Gasteiger partial charge on any atom is 0.404 e. The first kappa shape index (κ1) is 12.5. The predicted octanol–water partition coefficient (Wildman–Crippen LogP) is -3.28. The van der Waals surface area contributed by atoms with Crippen LogP contribution in [-0.2, 0) is 0 Å². The molecule has 0 spiro atoms. The number of amides is 1. The van der Waals surface area contributed by atoms with E-state index >= 15 is 0 Å². The van der Waals surface area contributed by atoms with Gasteiger partial charge in [0.2, 0.25) is 0 Å². The third-order valence-corrected chi connectivity index (χ3v) is 1.60. The molecule has 0 aliphatic carbocycles. The first-order valence-electron chi connectivity index (χ1n) is 4.36. The van der Waals surface area contributed by atoms with E-state index in [2.05, 4.69) is 10.3 Å². The van der Waals surface area contributed by atoms with Crippen molar-refractivity contribution in [2.45, 2.75) is 18.9 Å². The van der Waals surface area contributed by atoms with Crippen LogP contribution in [0.1, 0.15) is 12.8 Å². The Morgan fingerprint density at radius 3 is 2.64 bits per heavy atom. The average Bonchev–Trinajstić information content (AvgIpc) is 2.08. The minimum atomic E-state index is -1.06. The lowest BCUT2D eigenvalue weighted by molar-refractivity contribution is -0.459. The molecule has 0 radical (unpaired) electrons. The van der Waals surface area contributed by atoms with Gasteiger partial charge in [0.25, 0.3) is 0 Å². The summed E-state index contributed by atoms with van der Waals surface area (Å²) < 4.78 is 0. The zero-order chi connectivity index (χ0) is 11.0. The molecule has 14 heavy (non-hydrogen) atoms. The molecule has 0 unspecified atom stereocenters. The Labute approximate surface area is 82.3 Å². The maximum absolute atomic E-state index is 10.1. The molecule has 0 heterocycles. The van der Waals surface area contributed by atoms with E-state index in [1.54, 1.807) is 0 Å². The highest BCUT2D eigenvalue weighted by Gasteiger charge is 2.03. The van der Waals surface area contributed by atoms with Crippen molar-refractivity contribution in [1.82, 2.24) is 5.32 Å². The number of carbonyl (C=O) groups is 1. The first-order valence-corrected chi connectivity index (χ1v) is 4.36. The summed E-state index contributed by atoms with van der Waals surface area (Å²) in [4.78, 5) is 12.9. The average molecular weight is 204 g/mol. The van der Waals surface area contributed by atoms with Gasteiger partial charge in [0, 0.05) is 12.6 Å². The van der Waals surface area contributed by atoms with Gasteiger partial charge in [-0.05, 0) is 12.8 Å². The van der Waals surface area contributed by atoms with Crippen LogP contribution in [0.25, 0.3) is 0 Å². The van der Waals surface area contributed by atoms with Gasteiger partial charge < -0.3 is 16.2 Å². The minimum absolute atomic E-state index is 0.174. The summed E-state index contributed by atoms with van der Waals surface area (Å²) in [6, 6.07) is -0.174. The van der Waals surface area contributed by atoms with E-state index in [0.717, 1.165) is 6.42 Å². The van der Waals surface area contributed by atoms with Crippen molar-refractivity contribution < 1.29 is 14.9 Å². The zero-order valence-electron chi connectivity index (χ0n) is 7.99. The molecule has 1 atom stereocenters. The third-order valence-electron chi connectivity index (χ3n) is 1.60. The second-order valence-electron chi connectivity index (χ2n) is 2.97. The molecule has 7 heteroatoms. The van der Waals surface area contributed by atoms with Crippen LogP contribution in [0, 0.1) is 0 Å². The van der Waals surface area contributed by atoms with E-state index in [0.29, 0.717) is 13.0 Å². The number of hydrogen-bond acceptors (Lipinski definition) is 2. The standard InChI is InChI=1S/C7H17N5O2/c8-5(4-12-7(13)14)2-1-3-11-6(9)10/h5,12H,1-4,8H2,(H,13,14)(H4,9,10,11)/p+1/t5-/m0/s1. The number of rotatable bonds is 6. The van der Waals surface area contributed by atoms with Crippen molar-refractivity contribution in [3.63, 3.8) is 0 Å². The van der Waals surface area contributed by atoms with Gasteiger partial charge in [-0.3, -0.25) is 16.5 Å². The minimum Gasteiger partial charge on any atom is -0.465 e. The highest BCUT2D eigenvalue weighted by atomic mass is 16.4. The van der Waals surface area contributed by atoms with Crippen molar-refractivity contribution in [3.05, 3.63) is 0 Å². The monoisotopic (exact) mass is 204 g/mol. The lowest BCUT2D eigenvalue weighted by Crippen LogP contribution is -2.78. The Morgan fingerprint density at radius 1 is 1.50 bits per heavy atom. The van der Waals surface area contributed by atoms with E-state index in [-0.39, 0.29) is 18.5 Å². The Balaban J connectivity index is 3.40. The molecular weight excluding hydrogens is 186 g/mol. The highest BCUT2D eigenvalue weighted by molar-refractivity contribution is 5.69. The molecule has 0 bridgehead atoms. The first-order chi connectivity index (χ1) is 6.52. The molecule has 0 saturated heterocycles. The number of nitrogens with two attached hydrogens (primary N) is 3. The fourth-order valence-electron chi connectivity index (χ4n) is 0.917. The number of guanidine groups is 1. The van der Waals surface area contributed by atoms with Gasteiger partial charge in [-0.1, -0.05) is 0 Å². The summed E-state index contributed by atoms with van der Waals surface area (Å²) >= 11 is 0. The van der Waals surface area contributed by atoms with Crippen molar-refractivity contribution in [2.24, 2.45) is 17.2 Å². The van der Waals surface area contributed by atoms with Crippen molar-refractivity contribution >= 4 is 12.1 Å². The normalized spacial score (nSPS) is 11.8. The SMILES string of the molecule is NC(N)=[NH+]CCC[C@H](N)CNC(=O)O. The molecule has 0 rings (SSSR count). The Hall–Kier alpha value is -1.50. The van der Waals surface area contributed by atoms with E-state index in [1.165, 1.54) is 0 Å². The Morgan fingerprint density at radius 2 is 2.14 bits per heavy atom. The summed E-state index contributed by atoms with van der Waals surface area (Å²) in [6.07, 6.45) is 0.444. The van der Waals surface area contributed by atoms with Gasteiger partial charge >= 0.3 is 12.1 Å². The predicted molar refractivity (Wildman–Crippen MR) is 52.4 cm³/mol. The molecule has 0 aromatic carbocycles. The summed E-state index contributed by atoms with van der Waals surface area (Å²) in [5.41, 5.74) is 16.0. The molecule has 1 amide bonds. The second-order valence-corrected chi connectivity index (χ2v) is 2.97. The van der Waals surface area contributed by atoms with Crippen LogP contribution in [-0.4, -0.2) is 36.3 Å². The molecule has 0 fully saturated rings. The summed E-state index contributed by atoms with van der Waals surface area (Å²) in [6.45, 7) is 0.903. The summed E-state index contributed by atoms with van der Waals surface area (Å²) in [5, 5.41) is 10.5. The van der Waals surface area contributed by atoms with Crippen molar-refractivity contribution in [1.29, 1.82) is 0 Å². The Kier molecular flexibility index (Phi) is 6.21. The zero-order valence-corrected chi connectivity index (χ0v) is 7.99. The van der Waals surface area contributed by atoms with Gasteiger partial charge in [-0.2, -0.15) is 0 Å². The van der Waals surface area contributed by atoms with Crippen LogP contribution < -0.4 is 27.5 Å². The molecule has 0 aromatic heterocycles. The number of carboxylic acid groups (broad SMARTS) is 1. The van der Waals surface area contributed by atoms with E-state index in [1.807, 2.05) is 0 Å². The summed E-state index contributed by atoms with van der Waals surface area (Å²) in [7, 11) is 0. The van der Waals surface area contributed by atoms with Gasteiger partial charge in [-0.15, -0.1) is 0 Å². The lowest BCUT2D eigenvalue weighted by atomic mass is 10.2. The van der Waals surface area contributed by atoms with E-state index in [9.17, 15) is 4.79 Å². The molecule has 0 saturated carbocycles. The van der Waals surface area contributed by atoms with Crippen LogP contribution in [0.4, 0.5) is 4.79 Å². The highest BCUT2D eigenvalue weighted by Crippen LogP contribution is 1.89. The fourth-order valence-corrected chi connectivity index (χ4v) is 0.917. The number of hydrogen-bond donors (Lipinski definition) is 6. The maximum atomic E-state index is 10.1. The smallest absolute Gasteiger partial charge is 0.404 e. The van der Waals surface area contributed by atoms with Crippen LogP contribution >= 0.6 is 0 Å². The largest absolute Gasteiger partial charge is 0.465 e. The molecule has 9 N–H and O–H groups in total. The summed E-state index contributed by atoms with van der Waals surface area (Å²) in [5.74, 6) is 0.183. The molecule has 0 aliphatic rings. The van der Waals surface area contributed by atoms with Gasteiger partial charge in [-0.25, -0.2) is 4.79 Å². The van der Waals surface area contributed by atoms with Crippen LogP contribution in [0.3, 0.4) is 0 Å². The molecule has 82 valence electrons. The van der Waals surface area contributed by atoms with Crippen LogP contribution in [0.15, 0.2) is 0 Å². The quantitative estimate of drug-likeness (QED) is 0.153. The molecular formula is C7H18N5O2+. The Bertz CT molecular complexity index is 202. The third kappa shape index (κ3) is 8.60. The molecule has 0 aromatic rings. The number of nitrogens with one attached hydrogen (secondary N) is 2. The van der Waals surface area contributed by atoms with Crippen LogP contribution in [0.5, 0.6) is 0 Å². The fraction of sp³-hybridized carbons (Fsp3) is 0.714. The van der Waals surface area contributed by atoms with Gasteiger partial charge in [0.05, 0.1) is 6.54 Å². The van der Waals surface area contributed by atoms with Crippen molar-refractivity contribution in [2.75, 3.05) is 13.1 Å². The van der Waals surface area contributed by atoms with Crippen molar-refractivity contribution in [3.8, 4) is 0 Å².